The fraction of sp³-hybridized carbons (Fsp3) is 0.167. The van der Waals surface area contributed by atoms with Crippen LogP contribution in [0.5, 0.6) is 5.75 Å². The molecule has 0 amide bonds. The number of aliphatic imine (C=N–C) groups is 1. The van der Waals surface area contributed by atoms with Gasteiger partial charge in [0.25, 0.3) is 0 Å². The summed E-state index contributed by atoms with van der Waals surface area (Å²) in [6, 6.07) is 15.6. The topological polar surface area (TPSA) is 42.8 Å². The molecule has 1 heterocycles. The number of thiocarbonyl (C=S) groups is 1. The van der Waals surface area contributed by atoms with E-state index in [4.69, 9.17) is 21.2 Å². The van der Waals surface area contributed by atoms with Crippen molar-refractivity contribution in [3.8, 4) is 5.75 Å². The van der Waals surface area contributed by atoms with Gasteiger partial charge in [-0.3, -0.25) is 10.3 Å². The molecular weight excluding hydrogens is 344 g/mol. The quantitative estimate of drug-likeness (QED) is 0.618. The molecule has 0 saturated carbocycles. The maximum absolute atomic E-state index is 6.33. The Balaban J connectivity index is 1.67. The molecule has 2 aromatic rings. The predicted molar refractivity (Wildman–Crippen MR) is 98.1 cm³/mol. The van der Waals surface area contributed by atoms with E-state index in [1.54, 1.807) is 0 Å². The average molecular weight is 359 g/mol. The molecule has 0 aliphatic carbocycles. The third kappa shape index (κ3) is 4.22. The molecule has 0 fully saturated rings. The minimum atomic E-state index is -0.164. The first kappa shape index (κ1) is 16.7. The summed E-state index contributed by atoms with van der Waals surface area (Å²) in [6.45, 7) is 0.910. The summed E-state index contributed by atoms with van der Waals surface area (Å²) in [6.07, 6.45) is 1.77. The van der Waals surface area contributed by atoms with Gasteiger partial charge >= 0.3 is 0 Å². The van der Waals surface area contributed by atoms with E-state index in [-0.39, 0.29) is 6.10 Å². The van der Waals surface area contributed by atoms with Crippen LogP contribution in [0.2, 0.25) is 5.02 Å². The second-order valence-electron chi connectivity index (χ2n) is 5.19. The van der Waals surface area contributed by atoms with Gasteiger partial charge in [0.2, 0.25) is 0 Å². The van der Waals surface area contributed by atoms with Crippen LogP contribution >= 0.6 is 23.8 Å². The van der Waals surface area contributed by atoms with Gasteiger partial charge in [-0.15, -0.1) is 0 Å². The van der Waals surface area contributed by atoms with Crippen LogP contribution in [0.15, 0.2) is 59.6 Å². The number of ether oxygens (including phenoxy) is 1. The number of isothiocyanates is 1. The molecule has 24 heavy (non-hydrogen) atoms. The Hall–Kier alpha value is -2.17. The number of benzene rings is 2. The summed E-state index contributed by atoms with van der Waals surface area (Å²) in [4.78, 5) is 9.28. The number of hydroxylamine groups is 1. The molecule has 1 aliphatic heterocycles. The lowest BCUT2D eigenvalue weighted by Crippen LogP contribution is -2.14. The summed E-state index contributed by atoms with van der Waals surface area (Å²) >= 11 is 10.9. The van der Waals surface area contributed by atoms with Crippen LogP contribution in [0.4, 0.5) is 0 Å². The van der Waals surface area contributed by atoms with Crippen molar-refractivity contribution in [2.75, 3.05) is 6.54 Å². The fourth-order valence-electron chi connectivity index (χ4n) is 2.29. The molecule has 1 unspecified atom stereocenters. The van der Waals surface area contributed by atoms with E-state index < -0.39 is 0 Å². The van der Waals surface area contributed by atoms with Gasteiger partial charge in [-0.25, -0.2) is 4.99 Å². The van der Waals surface area contributed by atoms with Gasteiger partial charge in [-0.05, 0) is 42.1 Å². The van der Waals surface area contributed by atoms with Crippen LogP contribution in [0, 0.1) is 0 Å². The van der Waals surface area contributed by atoms with Crippen LogP contribution in [0.3, 0.4) is 0 Å². The van der Waals surface area contributed by atoms with Crippen molar-refractivity contribution < 1.29 is 9.57 Å². The molecule has 122 valence electrons. The third-order valence-corrected chi connectivity index (χ3v) is 3.91. The lowest BCUT2D eigenvalue weighted by molar-refractivity contribution is 0.0571. The Morgan fingerprint density at radius 3 is 2.83 bits per heavy atom. The van der Waals surface area contributed by atoms with Gasteiger partial charge in [-0.1, -0.05) is 41.9 Å². The molecule has 0 saturated heterocycles. The molecule has 0 spiro atoms. The van der Waals surface area contributed by atoms with Crippen molar-refractivity contribution in [2.45, 2.75) is 12.7 Å². The summed E-state index contributed by atoms with van der Waals surface area (Å²) in [5.74, 6) is 0.644. The summed E-state index contributed by atoms with van der Waals surface area (Å²) in [5.41, 5.74) is 5.73. The Morgan fingerprint density at radius 1 is 1.25 bits per heavy atom. The Morgan fingerprint density at radius 2 is 2.08 bits per heavy atom. The van der Waals surface area contributed by atoms with Crippen LogP contribution in [0.25, 0.3) is 5.70 Å². The van der Waals surface area contributed by atoms with E-state index >= 15 is 0 Å². The number of nitrogens with zero attached hydrogens (tertiary/aromatic N) is 1. The second-order valence-corrected chi connectivity index (χ2v) is 5.78. The summed E-state index contributed by atoms with van der Waals surface area (Å²) in [7, 11) is 0. The SMILES string of the molecule is S=C=NCC1C=C(c2ccc(OCc3ccccc3)c(Cl)c2)NO1. The van der Waals surface area contributed by atoms with Crippen molar-refractivity contribution >= 4 is 34.7 Å². The van der Waals surface area contributed by atoms with E-state index in [0.717, 1.165) is 16.8 Å². The van der Waals surface area contributed by atoms with Gasteiger partial charge in [0.15, 0.2) is 0 Å². The Bertz CT molecular complexity index is 789. The molecular formula is C18H15ClN2O2S. The maximum Gasteiger partial charge on any atom is 0.138 e. The molecule has 3 rings (SSSR count). The summed E-state index contributed by atoms with van der Waals surface area (Å²) < 4.78 is 5.78. The molecule has 1 N–H and O–H groups in total. The van der Waals surface area contributed by atoms with E-state index in [9.17, 15) is 0 Å². The third-order valence-electron chi connectivity index (χ3n) is 3.49. The highest BCUT2D eigenvalue weighted by Crippen LogP contribution is 2.29. The first-order valence-electron chi connectivity index (χ1n) is 7.40. The smallest absolute Gasteiger partial charge is 0.138 e. The zero-order valence-electron chi connectivity index (χ0n) is 12.7. The van der Waals surface area contributed by atoms with Crippen LogP contribution in [0.1, 0.15) is 11.1 Å². The standard InChI is InChI=1S/C18H15ClN2O2S/c19-16-8-14(17-9-15(23-21-17)10-20-12-24)6-7-18(16)22-11-13-4-2-1-3-5-13/h1-9,15,21H,10-11H2. The fourth-order valence-corrected chi connectivity index (χ4v) is 2.60. The number of rotatable bonds is 6. The van der Waals surface area contributed by atoms with E-state index in [0.29, 0.717) is 23.9 Å². The Kier molecular flexibility index (Phi) is 5.62. The van der Waals surface area contributed by atoms with Crippen molar-refractivity contribution in [3.63, 3.8) is 0 Å². The molecule has 2 aromatic carbocycles. The largest absolute Gasteiger partial charge is 0.487 e. The number of halogens is 1. The zero-order chi connectivity index (χ0) is 16.8. The monoisotopic (exact) mass is 358 g/mol. The highest BCUT2D eigenvalue weighted by molar-refractivity contribution is 7.78. The van der Waals surface area contributed by atoms with E-state index in [1.807, 2.05) is 54.6 Å². The van der Waals surface area contributed by atoms with E-state index in [2.05, 4.69) is 27.9 Å². The van der Waals surface area contributed by atoms with Crippen LogP contribution in [-0.4, -0.2) is 17.8 Å². The van der Waals surface area contributed by atoms with Crippen LogP contribution in [-0.2, 0) is 11.4 Å². The summed E-state index contributed by atoms with van der Waals surface area (Å²) in [5, 5.41) is 2.87. The van der Waals surface area contributed by atoms with Crippen molar-refractivity contribution in [3.05, 3.63) is 70.8 Å². The second kappa shape index (κ2) is 8.08. The highest BCUT2D eigenvalue weighted by Gasteiger charge is 2.17. The maximum atomic E-state index is 6.33. The number of hydrogen-bond donors (Lipinski definition) is 1. The van der Waals surface area contributed by atoms with Gasteiger partial charge < -0.3 is 4.74 Å². The van der Waals surface area contributed by atoms with E-state index in [1.165, 1.54) is 0 Å². The van der Waals surface area contributed by atoms with Gasteiger partial charge in [-0.2, -0.15) is 0 Å². The highest BCUT2D eigenvalue weighted by atomic mass is 35.5. The normalized spacial score (nSPS) is 16.0. The van der Waals surface area contributed by atoms with Crippen molar-refractivity contribution in [1.29, 1.82) is 0 Å². The number of hydrogen-bond acceptors (Lipinski definition) is 5. The first-order valence-corrected chi connectivity index (χ1v) is 8.18. The molecule has 1 aliphatic rings. The zero-order valence-corrected chi connectivity index (χ0v) is 14.3. The number of nitrogens with one attached hydrogen (secondary N) is 1. The lowest BCUT2D eigenvalue weighted by atomic mass is 10.1. The Labute approximate surface area is 150 Å². The first-order chi connectivity index (χ1) is 11.8. The van der Waals surface area contributed by atoms with Gasteiger partial charge in [0.05, 0.1) is 22.4 Å². The predicted octanol–water partition coefficient (Wildman–Crippen LogP) is 4.27. The van der Waals surface area contributed by atoms with Crippen molar-refractivity contribution in [2.24, 2.45) is 4.99 Å². The lowest BCUT2D eigenvalue weighted by Gasteiger charge is -2.10. The molecule has 4 nitrogen and oxygen atoms in total. The average Bonchev–Trinajstić information content (AvgIpc) is 3.09. The molecule has 1 atom stereocenters. The minimum absolute atomic E-state index is 0.164. The van der Waals surface area contributed by atoms with Gasteiger partial charge in [0.1, 0.15) is 18.5 Å². The minimum Gasteiger partial charge on any atom is -0.487 e. The molecule has 0 radical (unpaired) electrons. The molecule has 6 heteroatoms. The molecule has 0 aromatic heterocycles. The van der Waals surface area contributed by atoms with Gasteiger partial charge in [0, 0.05) is 5.56 Å². The van der Waals surface area contributed by atoms with Crippen molar-refractivity contribution in [1.82, 2.24) is 5.48 Å². The molecule has 0 bridgehead atoms. The van der Waals surface area contributed by atoms with Crippen LogP contribution < -0.4 is 10.2 Å².